The van der Waals surface area contributed by atoms with Crippen LogP contribution in [0, 0.1) is 35.5 Å². The van der Waals surface area contributed by atoms with E-state index in [4.69, 9.17) is 8.85 Å². The Balaban J connectivity index is 1.75. The molecule has 7 unspecified atom stereocenters. The molecule has 0 heterocycles. The minimum atomic E-state index is -1.56. The Kier molecular flexibility index (Phi) is 2.41. The van der Waals surface area contributed by atoms with Gasteiger partial charge in [0, 0.05) is 19.3 Å². The summed E-state index contributed by atoms with van der Waals surface area (Å²) in [6.07, 6.45) is 9.32. The van der Waals surface area contributed by atoms with E-state index in [1.54, 1.807) is 0 Å². The molecule has 0 aromatic carbocycles. The van der Waals surface area contributed by atoms with Gasteiger partial charge in [0.05, 0.1) is 0 Å². The molecule has 2 nitrogen and oxygen atoms in total. The van der Waals surface area contributed by atoms with Crippen molar-refractivity contribution in [3.8, 4) is 0 Å². The first kappa shape index (κ1) is 11.7. The number of hydrogen-bond donors (Lipinski definition) is 0. The molecule has 4 aliphatic rings. The zero-order valence-corrected chi connectivity index (χ0v) is 12.8. The van der Waals surface area contributed by atoms with Crippen molar-refractivity contribution in [2.75, 3.05) is 14.2 Å². The molecule has 0 aliphatic heterocycles. The Hall–Kier alpha value is -0.123. The van der Waals surface area contributed by atoms with Crippen LogP contribution in [0.4, 0.5) is 0 Å². The lowest BCUT2D eigenvalue weighted by Crippen LogP contribution is -2.43. The first-order chi connectivity index (χ1) is 8.71. The molecule has 0 amide bonds. The van der Waals surface area contributed by atoms with Crippen LogP contribution in [-0.2, 0) is 8.85 Å². The zero-order valence-electron chi connectivity index (χ0n) is 11.6. The molecule has 4 bridgehead atoms. The van der Waals surface area contributed by atoms with Crippen molar-refractivity contribution < 1.29 is 8.85 Å². The third-order valence-corrected chi connectivity index (χ3v) is 9.17. The van der Waals surface area contributed by atoms with Gasteiger partial charge in [0.15, 0.2) is 0 Å². The molecule has 0 saturated heterocycles. The van der Waals surface area contributed by atoms with E-state index < -0.39 is 9.28 Å². The lowest BCUT2D eigenvalue weighted by Gasteiger charge is -2.43. The SMILES string of the molecule is CO[SiH](OC)C12C=CC(C1)C1C3CC(C)C(C3)C12. The van der Waals surface area contributed by atoms with Crippen LogP contribution in [0.15, 0.2) is 12.2 Å². The third-order valence-electron chi connectivity index (χ3n) is 6.63. The smallest absolute Gasteiger partial charge is 0.331 e. The third kappa shape index (κ3) is 1.17. The van der Waals surface area contributed by atoms with Crippen LogP contribution in [-0.4, -0.2) is 23.5 Å². The van der Waals surface area contributed by atoms with Gasteiger partial charge in [-0.15, -0.1) is 0 Å². The quantitative estimate of drug-likeness (QED) is 0.443. The number of rotatable bonds is 3. The van der Waals surface area contributed by atoms with Crippen molar-refractivity contribution >= 4 is 9.28 Å². The fraction of sp³-hybridized carbons (Fsp3) is 0.867. The Labute approximate surface area is 112 Å². The molecule has 3 heteroatoms. The van der Waals surface area contributed by atoms with E-state index in [1.165, 1.54) is 19.3 Å². The fourth-order valence-electron chi connectivity index (χ4n) is 6.32. The summed E-state index contributed by atoms with van der Waals surface area (Å²) < 4.78 is 11.6. The van der Waals surface area contributed by atoms with Crippen LogP contribution in [0.3, 0.4) is 0 Å². The van der Waals surface area contributed by atoms with Crippen LogP contribution < -0.4 is 0 Å². The van der Waals surface area contributed by atoms with Gasteiger partial charge in [0.25, 0.3) is 0 Å². The molecule has 7 atom stereocenters. The van der Waals surface area contributed by atoms with Gasteiger partial charge in [-0.1, -0.05) is 19.1 Å². The summed E-state index contributed by atoms with van der Waals surface area (Å²) in [4.78, 5) is 0. The molecule has 18 heavy (non-hydrogen) atoms. The first-order valence-corrected chi connectivity index (χ1v) is 8.98. The number of fused-ring (bicyclic) bond motifs is 9. The topological polar surface area (TPSA) is 18.5 Å². The Morgan fingerprint density at radius 2 is 2.00 bits per heavy atom. The normalized spacial score (nSPS) is 55.8. The van der Waals surface area contributed by atoms with Gasteiger partial charge < -0.3 is 8.85 Å². The standard InChI is InChI=1S/C15H24O2Si/c1-9-6-11-7-12(9)14-13(11)10-4-5-15(14,8-10)18(16-2)17-3/h4-5,9-14,18H,6-8H2,1-3H3. The Bertz CT molecular complexity index is 392. The van der Waals surface area contributed by atoms with Crippen LogP contribution >= 0.6 is 0 Å². The van der Waals surface area contributed by atoms with Gasteiger partial charge in [0.2, 0.25) is 0 Å². The summed E-state index contributed by atoms with van der Waals surface area (Å²) in [6, 6.07) is 0. The van der Waals surface area contributed by atoms with E-state index >= 15 is 0 Å². The second-order valence-corrected chi connectivity index (χ2v) is 9.80. The van der Waals surface area contributed by atoms with Crippen molar-refractivity contribution in [1.82, 2.24) is 0 Å². The lowest BCUT2D eigenvalue weighted by molar-refractivity contribution is 0.142. The number of allylic oxidation sites excluding steroid dienone is 2. The van der Waals surface area contributed by atoms with Gasteiger partial charge in [-0.25, -0.2) is 0 Å². The van der Waals surface area contributed by atoms with Crippen LogP contribution in [0.2, 0.25) is 5.04 Å². The molecule has 0 spiro atoms. The summed E-state index contributed by atoms with van der Waals surface area (Å²) in [5, 5.41) is 0.326. The summed E-state index contributed by atoms with van der Waals surface area (Å²) in [5.41, 5.74) is 0. The lowest BCUT2D eigenvalue weighted by atomic mass is 9.69. The molecule has 4 rings (SSSR count). The fourth-order valence-corrected chi connectivity index (χ4v) is 8.91. The van der Waals surface area contributed by atoms with E-state index in [0.717, 1.165) is 35.5 Å². The molecule has 0 aromatic heterocycles. The predicted octanol–water partition coefficient (Wildman–Crippen LogP) is 2.74. The van der Waals surface area contributed by atoms with Crippen LogP contribution in [0.5, 0.6) is 0 Å². The van der Waals surface area contributed by atoms with Gasteiger partial charge in [0.1, 0.15) is 0 Å². The second kappa shape index (κ2) is 3.71. The van der Waals surface area contributed by atoms with Gasteiger partial charge in [-0.05, 0) is 54.8 Å². The van der Waals surface area contributed by atoms with Gasteiger partial charge in [-0.3, -0.25) is 0 Å². The van der Waals surface area contributed by atoms with Gasteiger partial charge >= 0.3 is 9.28 Å². The second-order valence-electron chi connectivity index (χ2n) is 7.12. The highest BCUT2D eigenvalue weighted by Gasteiger charge is 2.68. The van der Waals surface area contributed by atoms with E-state index in [-0.39, 0.29) is 0 Å². The highest BCUT2D eigenvalue weighted by Crippen LogP contribution is 2.75. The predicted molar refractivity (Wildman–Crippen MR) is 73.5 cm³/mol. The average Bonchev–Trinajstić information content (AvgIpc) is 3.06. The highest BCUT2D eigenvalue weighted by molar-refractivity contribution is 6.50. The van der Waals surface area contributed by atoms with Crippen LogP contribution in [0.25, 0.3) is 0 Å². The monoisotopic (exact) mass is 264 g/mol. The molecule has 100 valence electrons. The van der Waals surface area contributed by atoms with Crippen molar-refractivity contribution in [3.63, 3.8) is 0 Å². The number of hydrogen-bond acceptors (Lipinski definition) is 2. The van der Waals surface area contributed by atoms with E-state index in [1.807, 2.05) is 14.2 Å². The van der Waals surface area contributed by atoms with E-state index in [9.17, 15) is 0 Å². The van der Waals surface area contributed by atoms with Gasteiger partial charge in [-0.2, -0.15) is 0 Å². The van der Waals surface area contributed by atoms with Crippen LogP contribution in [0.1, 0.15) is 26.2 Å². The summed E-state index contributed by atoms with van der Waals surface area (Å²) in [7, 11) is 2.16. The Morgan fingerprint density at radius 1 is 1.22 bits per heavy atom. The summed E-state index contributed by atoms with van der Waals surface area (Å²) >= 11 is 0. The molecular weight excluding hydrogens is 240 g/mol. The largest absolute Gasteiger partial charge is 0.399 e. The molecule has 0 N–H and O–H groups in total. The van der Waals surface area contributed by atoms with Crippen molar-refractivity contribution in [3.05, 3.63) is 12.2 Å². The Morgan fingerprint density at radius 3 is 2.72 bits per heavy atom. The average molecular weight is 264 g/mol. The zero-order chi connectivity index (χ0) is 12.5. The minimum Gasteiger partial charge on any atom is -0.399 e. The molecular formula is C15H24O2Si. The molecule has 0 aromatic rings. The summed E-state index contributed by atoms with van der Waals surface area (Å²) in [5.74, 6) is 5.60. The molecule has 0 radical (unpaired) electrons. The maximum atomic E-state index is 5.82. The van der Waals surface area contributed by atoms with Crippen molar-refractivity contribution in [2.45, 2.75) is 31.2 Å². The van der Waals surface area contributed by atoms with E-state index in [2.05, 4.69) is 19.1 Å². The van der Waals surface area contributed by atoms with Crippen molar-refractivity contribution in [2.24, 2.45) is 35.5 Å². The first-order valence-electron chi connectivity index (χ1n) is 7.46. The highest BCUT2D eigenvalue weighted by atomic mass is 28.3. The van der Waals surface area contributed by atoms with E-state index in [0.29, 0.717) is 5.04 Å². The molecule has 4 aliphatic carbocycles. The maximum absolute atomic E-state index is 5.82. The molecule has 3 fully saturated rings. The van der Waals surface area contributed by atoms with Crippen molar-refractivity contribution in [1.29, 1.82) is 0 Å². The maximum Gasteiger partial charge on any atom is 0.331 e. The summed E-state index contributed by atoms with van der Waals surface area (Å²) in [6.45, 7) is 2.47. The minimum absolute atomic E-state index is 0.326. The molecule has 3 saturated carbocycles.